The molecule has 0 bridgehead atoms. The lowest BCUT2D eigenvalue weighted by molar-refractivity contribution is 0.0951. The van der Waals surface area contributed by atoms with Gasteiger partial charge in [0.15, 0.2) is 0 Å². The fourth-order valence-electron chi connectivity index (χ4n) is 1.14. The minimum Gasteiger partial charge on any atom is -0.347 e. The molecule has 2 aromatic rings. The van der Waals surface area contributed by atoms with Crippen molar-refractivity contribution in [2.45, 2.75) is 6.54 Å². The molecule has 0 atom stereocenters. The van der Waals surface area contributed by atoms with E-state index < -0.39 is 0 Å². The number of carbonyl (C=O) groups is 1. The van der Waals surface area contributed by atoms with Crippen LogP contribution in [0.3, 0.4) is 0 Å². The van der Waals surface area contributed by atoms with Gasteiger partial charge in [0.2, 0.25) is 0 Å². The number of carbonyl (C=O) groups excluding carboxylic acids is 1. The van der Waals surface area contributed by atoms with Crippen LogP contribution < -0.4 is 5.32 Å². The van der Waals surface area contributed by atoms with Crippen molar-refractivity contribution in [3.8, 4) is 0 Å². The summed E-state index contributed by atoms with van der Waals surface area (Å²) in [4.78, 5) is 20.5. The maximum absolute atomic E-state index is 11.7. The van der Waals surface area contributed by atoms with Crippen LogP contribution in [0, 0.1) is 0 Å². The molecule has 0 radical (unpaired) electrons. The summed E-state index contributed by atoms with van der Waals surface area (Å²) in [5.41, 5.74) is 2.10. The van der Waals surface area contributed by atoms with E-state index in [0.717, 1.165) is 4.88 Å². The van der Waals surface area contributed by atoms with Gasteiger partial charge in [-0.05, 0) is 6.07 Å². The summed E-state index contributed by atoms with van der Waals surface area (Å²) in [5.74, 6) is -0.230. The molecule has 0 saturated heterocycles. The summed E-state index contributed by atoms with van der Waals surface area (Å²) in [6.07, 6.45) is 4.71. The van der Waals surface area contributed by atoms with Gasteiger partial charge in [0.05, 0.1) is 22.6 Å². The zero-order chi connectivity index (χ0) is 11.4. The lowest BCUT2D eigenvalue weighted by Gasteiger charge is -2.04. The average molecular weight is 254 g/mol. The summed E-state index contributed by atoms with van der Waals surface area (Å²) >= 11 is 7.36. The Bertz CT molecular complexity index is 487. The molecular formula is C10H8ClN3OS. The van der Waals surface area contributed by atoms with E-state index in [9.17, 15) is 4.79 Å². The van der Waals surface area contributed by atoms with Crippen LogP contribution in [-0.2, 0) is 6.54 Å². The number of hydrogen-bond acceptors (Lipinski definition) is 4. The SMILES string of the molecule is O=C(NCc1cncs1)c1cnccc1Cl. The third kappa shape index (κ3) is 2.56. The van der Waals surface area contributed by atoms with Crippen LogP contribution in [0.25, 0.3) is 0 Å². The Morgan fingerprint density at radius 2 is 2.31 bits per heavy atom. The largest absolute Gasteiger partial charge is 0.347 e. The zero-order valence-electron chi connectivity index (χ0n) is 8.18. The van der Waals surface area contributed by atoms with Gasteiger partial charge in [0.25, 0.3) is 5.91 Å². The second-order valence-electron chi connectivity index (χ2n) is 3.01. The number of amides is 1. The minimum atomic E-state index is -0.230. The Labute approximate surface area is 101 Å². The van der Waals surface area contributed by atoms with Gasteiger partial charge in [-0.15, -0.1) is 11.3 Å². The third-order valence-corrected chi connectivity index (χ3v) is 3.03. The van der Waals surface area contributed by atoms with Gasteiger partial charge in [0, 0.05) is 23.5 Å². The van der Waals surface area contributed by atoms with Crippen LogP contribution in [0.1, 0.15) is 15.2 Å². The number of pyridine rings is 1. The Morgan fingerprint density at radius 3 is 3.00 bits per heavy atom. The van der Waals surface area contributed by atoms with E-state index in [-0.39, 0.29) is 5.91 Å². The Balaban J connectivity index is 2.01. The lowest BCUT2D eigenvalue weighted by Crippen LogP contribution is -2.22. The first-order chi connectivity index (χ1) is 7.77. The fraction of sp³-hybridized carbons (Fsp3) is 0.100. The van der Waals surface area contributed by atoms with Crippen molar-refractivity contribution in [2.24, 2.45) is 0 Å². The molecule has 0 aliphatic heterocycles. The smallest absolute Gasteiger partial charge is 0.254 e. The molecule has 0 aliphatic rings. The molecule has 1 amide bonds. The molecule has 0 aliphatic carbocycles. The molecule has 16 heavy (non-hydrogen) atoms. The van der Waals surface area contributed by atoms with Crippen molar-refractivity contribution < 1.29 is 4.79 Å². The topological polar surface area (TPSA) is 54.9 Å². The molecule has 6 heteroatoms. The molecule has 0 fully saturated rings. The number of thiazole rings is 1. The molecule has 82 valence electrons. The van der Waals surface area contributed by atoms with Gasteiger partial charge >= 0.3 is 0 Å². The van der Waals surface area contributed by atoms with E-state index in [1.54, 1.807) is 24.0 Å². The van der Waals surface area contributed by atoms with E-state index in [2.05, 4.69) is 15.3 Å². The highest BCUT2D eigenvalue weighted by atomic mass is 35.5. The number of halogens is 1. The standard InChI is InChI=1S/C10H8ClN3OS/c11-9-1-2-12-5-8(9)10(15)14-4-7-3-13-6-16-7/h1-3,5-6H,4H2,(H,14,15). The number of rotatable bonds is 3. The summed E-state index contributed by atoms with van der Waals surface area (Å²) in [5, 5.41) is 3.15. The van der Waals surface area contributed by atoms with Crippen molar-refractivity contribution in [3.63, 3.8) is 0 Å². The van der Waals surface area contributed by atoms with E-state index in [1.165, 1.54) is 17.5 Å². The average Bonchev–Trinajstić information content (AvgIpc) is 2.79. The van der Waals surface area contributed by atoms with Gasteiger partial charge in [-0.25, -0.2) is 0 Å². The Hall–Kier alpha value is -1.46. The molecule has 0 aromatic carbocycles. The molecular weight excluding hydrogens is 246 g/mol. The monoisotopic (exact) mass is 253 g/mol. The van der Waals surface area contributed by atoms with E-state index in [0.29, 0.717) is 17.1 Å². The number of hydrogen-bond donors (Lipinski definition) is 1. The van der Waals surface area contributed by atoms with Crippen molar-refractivity contribution in [2.75, 3.05) is 0 Å². The van der Waals surface area contributed by atoms with Crippen LogP contribution >= 0.6 is 22.9 Å². The van der Waals surface area contributed by atoms with Crippen molar-refractivity contribution in [1.82, 2.24) is 15.3 Å². The second-order valence-corrected chi connectivity index (χ2v) is 4.38. The number of aromatic nitrogens is 2. The second kappa shape index (κ2) is 5.05. The first-order valence-electron chi connectivity index (χ1n) is 4.52. The predicted molar refractivity (Wildman–Crippen MR) is 62.5 cm³/mol. The summed E-state index contributed by atoms with van der Waals surface area (Å²) in [6.45, 7) is 0.453. The van der Waals surface area contributed by atoms with E-state index in [4.69, 9.17) is 11.6 Å². The van der Waals surface area contributed by atoms with Crippen molar-refractivity contribution in [1.29, 1.82) is 0 Å². The normalized spacial score (nSPS) is 10.1. The predicted octanol–water partition coefficient (Wildman–Crippen LogP) is 2.12. The van der Waals surface area contributed by atoms with Crippen molar-refractivity contribution in [3.05, 3.63) is 45.6 Å². The minimum absolute atomic E-state index is 0.230. The van der Waals surface area contributed by atoms with Crippen LogP contribution in [-0.4, -0.2) is 15.9 Å². The van der Waals surface area contributed by atoms with E-state index >= 15 is 0 Å². The quantitative estimate of drug-likeness (QED) is 0.912. The maximum Gasteiger partial charge on any atom is 0.254 e. The van der Waals surface area contributed by atoms with Gasteiger partial charge in [0.1, 0.15) is 0 Å². The van der Waals surface area contributed by atoms with Crippen molar-refractivity contribution >= 4 is 28.8 Å². The lowest BCUT2D eigenvalue weighted by atomic mass is 10.2. The highest BCUT2D eigenvalue weighted by Crippen LogP contribution is 2.13. The van der Waals surface area contributed by atoms with Gasteiger partial charge < -0.3 is 5.32 Å². The fourth-order valence-corrected chi connectivity index (χ4v) is 1.86. The number of nitrogens with one attached hydrogen (secondary N) is 1. The van der Waals surface area contributed by atoms with Gasteiger partial charge in [-0.3, -0.25) is 14.8 Å². The van der Waals surface area contributed by atoms with Crippen LogP contribution in [0.15, 0.2) is 30.2 Å². The zero-order valence-corrected chi connectivity index (χ0v) is 9.76. The van der Waals surface area contributed by atoms with Gasteiger partial charge in [-0.1, -0.05) is 11.6 Å². The first kappa shape index (κ1) is 11.0. The molecule has 1 N–H and O–H groups in total. The van der Waals surface area contributed by atoms with Crippen LogP contribution in [0.5, 0.6) is 0 Å². The molecule has 4 nitrogen and oxygen atoms in total. The molecule has 2 rings (SSSR count). The number of nitrogens with zero attached hydrogens (tertiary/aromatic N) is 2. The van der Waals surface area contributed by atoms with E-state index in [1.807, 2.05) is 0 Å². The molecule has 0 unspecified atom stereocenters. The summed E-state index contributed by atoms with van der Waals surface area (Å²) in [7, 11) is 0. The van der Waals surface area contributed by atoms with Gasteiger partial charge in [-0.2, -0.15) is 0 Å². The third-order valence-electron chi connectivity index (χ3n) is 1.92. The highest BCUT2D eigenvalue weighted by Gasteiger charge is 2.09. The first-order valence-corrected chi connectivity index (χ1v) is 5.78. The molecule has 2 heterocycles. The van der Waals surface area contributed by atoms with Crippen LogP contribution in [0.2, 0.25) is 5.02 Å². The van der Waals surface area contributed by atoms with Crippen LogP contribution in [0.4, 0.5) is 0 Å². The highest BCUT2D eigenvalue weighted by molar-refractivity contribution is 7.09. The Kier molecular flexibility index (Phi) is 3.48. The molecule has 0 spiro atoms. The summed E-state index contributed by atoms with van der Waals surface area (Å²) < 4.78 is 0. The Morgan fingerprint density at radius 1 is 1.44 bits per heavy atom. The maximum atomic E-state index is 11.7. The molecule has 0 saturated carbocycles. The molecule has 2 aromatic heterocycles. The summed E-state index contributed by atoms with van der Waals surface area (Å²) in [6, 6.07) is 1.59.